The zero-order valence-corrected chi connectivity index (χ0v) is 14.8. The van der Waals surface area contributed by atoms with Crippen molar-refractivity contribution in [3.8, 4) is 0 Å². The molecule has 0 aromatic heterocycles. The van der Waals surface area contributed by atoms with Gasteiger partial charge >= 0.3 is 15.0 Å². The first kappa shape index (κ1) is 23.0. The van der Waals surface area contributed by atoms with Crippen LogP contribution in [0.25, 0.3) is 0 Å². The van der Waals surface area contributed by atoms with E-state index in [0.717, 1.165) is 12.8 Å². The van der Waals surface area contributed by atoms with Gasteiger partial charge in [-0.05, 0) is 20.3 Å². The highest BCUT2D eigenvalue weighted by molar-refractivity contribution is 6.48. The molecule has 0 radical (unpaired) electrons. The van der Waals surface area contributed by atoms with Crippen LogP contribution in [0.3, 0.4) is 0 Å². The molecule has 0 bridgehead atoms. The number of aryl methyl sites for hydroxylation is 1. The topological polar surface area (TPSA) is 96.2 Å². The molecule has 0 heterocycles. The Morgan fingerprint density at radius 2 is 1.68 bits per heavy atom. The monoisotopic (exact) mass is 332 g/mol. The average Bonchev–Trinajstić information content (AvgIpc) is 2.39. The van der Waals surface area contributed by atoms with Gasteiger partial charge in [0.2, 0.25) is 0 Å². The number of benzene rings is 1. The molecule has 0 aliphatic heterocycles. The van der Waals surface area contributed by atoms with Gasteiger partial charge in [0.05, 0.1) is 6.61 Å². The molecule has 1 aromatic rings. The summed E-state index contributed by atoms with van der Waals surface area (Å²) in [5.41, 5.74) is 1.32. The second kappa shape index (κ2) is 14.7. The maximum atomic E-state index is 10.1. The lowest BCUT2D eigenvalue weighted by Crippen LogP contribution is -2.38. The second-order valence-corrected chi connectivity index (χ2v) is 5.79. The molecule has 0 aliphatic carbocycles. The van der Waals surface area contributed by atoms with E-state index < -0.39 is 9.05 Å². The smallest absolute Gasteiger partial charge is 0.466 e. The predicted molar refractivity (Wildman–Crippen MR) is 86.8 cm³/mol. The van der Waals surface area contributed by atoms with Gasteiger partial charge in [0, 0.05) is 13.5 Å². The normalized spacial score (nSPS) is 9.77. The van der Waals surface area contributed by atoms with Crippen LogP contribution in [0.5, 0.6) is 0 Å². The van der Waals surface area contributed by atoms with Gasteiger partial charge in [-0.15, -0.1) is 0 Å². The van der Waals surface area contributed by atoms with E-state index in [1.165, 1.54) is 12.5 Å². The fraction of sp³-hybridized carbons (Fsp3) is 0.533. The van der Waals surface area contributed by atoms with Gasteiger partial charge in [-0.25, -0.2) is 0 Å². The van der Waals surface area contributed by atoms with E-state index in [2.05, 4.69) is 35.1 Å². The Hall–Kier alpha value is -1.25. The summed E-state index contributed by atoms with van der Waals surface area (Å²) < 4.78 is 8.68. The molecular weight excluding hydrogens is 304 g/mol. The van der Waals surface area contributed by atoms with Gasteiger partial charge < -0.3 is 23.5 Å². The van der Waals surface area contributed by atoms with E-state index in [-0.39, 0.29) is 12.6 Å². The summed E-state index contributed by atoms with van der Waals surface area (Å²) in [5.74, 6) is -0.182. The molecule has 7 heteroatoms. The third kappa shape index (κ3) is 23.8. The fourth-order valence-corrected chi connectivity index (χ4v) is 1.48. The van der Waals surface area contributed by atoms with Gasteiger partial charge in [0.25, 0.3) is 0 Å². The molecule has 6 nitrogen and oxygen atoms in total. The first-order valence-corrected chi connectivity index (χ1v) is 8.94. The van der Waals surface area contributed by atoms with Gasteiger partial charge in [0.15, 0.2) is 0 Å². The molecule has 0 unspecified atom stereocenters. The Balaban J connectivity index is 0. The van der Waals surface area contributed by atoms with Crippen LogP contribution in [-0.2, 0) is 14.0 Å². The number of hydrogen-bond donors (Lipinski definition) is 3. The molecule has 128 valence electrons. The Kier molecular flexibility index (Phi) is 15.4. The number of ether oxygens (including phenoxy) is 1. The van der Waals surface area contributed by atoms with Crippen molar-refractivity contribution in [2.45, 2.75) is 40.5 Å². The van der Waals surface area contributed by atoms with E-state index in [4.69, 9.17) is 14.4 Å². The van der Waals surface area contributed by atoms with Crippen molar-refractivity contribution in [2.24, 2.45) is 0 Å². The Bertz CT molecular complexity index is 364. The van der Waals surface area contributed by atoms with E-state index in [1.807, 2.05) is 18.2 Å². The minimum absolute atomic E-state index is 0.121. The quantitative estimate of drug-likeness (QED) is 0.432. The van der Waals surface area contributed by atoms with Crippen LogP contribution >= 0.6 is 0 Å². The molecule has 1 rings (SSSR count). The number of esters is 1. The van der Waals surface area contributed by atoms with Crippen molar-refractivity contribution in [1.29, 1.82) is 0 Å². The number of hydrogen-bond acceptors (Lipinski definition) is 6. The van der Waals surface area contributed by atoms with Crippen molar-refractivity contribution < 1.29 is 28.3 Å². The average molecular weight is 332 g/mol. The highest BCUT2D eigenvalue weighted by atomic mass is 28.4. The van der Waals surface area contributed by atoms with E-state index >= 15 is 0 Å². The van der Waals surface area contributed by atoms with E-state index in [0.29, 0.717) is 6.61 Å². The van der Waals surface area contributed by atoms with Gasteiger partial charge in [-0.2, -0.15) is 0 Å². The van der Waals surface area contributed by atoms with Crippen molar-refractivity contribution in [3.63, 3.8) is 0 Å². The van der Waals surface area contributed by atoms with Crippen molar-refractivity contribution in [2.75, 3.05) is 13.2 Å². The van der Waals surface area contributed by atoms with E-state index in [1.54, 1.807) is 6.92 Å². The summed E-state index contributed by atoms with van der Waals surface area (Å²) in [7, 11) is -4.16. The maximum absolute atomic E-state index is 10.1. The number of carbonyl (C=O) groups excluding carboxylic acids is 1. The molecule has 0 saturated heterocycles. The lowest BCUT2D eigenvalue weighted by molar-refractivity contribution is -0.141. The van der Waals surface area contributed by atoms with Crippen LogP contribution in [-0.4, -0.2) is 42.6 Å². The lowest BCUT2D eigenvalue weighted by Gasteiger charge is -2.05. The third-order valence-electron chi connectivity index (χ3n) is 2.08. The molecule has 0 spiro atoms. The van der Waals surface area contributed by atoms with Crippen molar-refractivity contribution >= 4 is 15.0 Å². The summed E-state index contributed by atoms with van der Waals surface area (Å²) in [6, 6.07) is 10.3. The second-order valence-electron chi connectivity index (χ2n) is 4.36. The highest BCUT2D eigenvalue weighted by Gasteiger charge is 2.29. The molecule has 3 N–H and O–H groups in total. The molecule has 22 heavy (non-hydrogen) atoms. The number of carbonyl (C=O) groups is 1. The summed E-state index contributed by atoms with van der Waals surface area (Å²) >= 11 is 0. The van der Waals surface area contributed by atoms with Crippen LogP contribution < -0.4 is 0 Å². The van der Waals surface area contributed by atoms with Gasteiger partial charge in [-0.3, -0.25) is 4.79 Å². The number of rotatable bonds is 5. The Morgan fingerprint density at radius 3 is 1.91 bits per heavy atom. The first-order valence-electron chi connectivity index (χ1n) is 7.19. The van der Waals surface area contributed by atoms with Crippen LogP contribution in [0, 0.1) is 6.92 Å². The summed E-state index contributed by atoms with van der Waals surface area (Å²) in [6.45, 7) is 7.82. The molecule has 1 aromatic carbocycles. The largest absolute Gasteiger partial charge is 0.671 e. The van der Waals surface area contributed by atoms with Crippen LogP contribution in [0.2, 0.25) is 0 Å². The molecule has 0 atom stereocenters. The lowest BCUT2D eigenvalue weighted by atomic mass is 10.2. The molecule has 0 amide bonds. The predicted octanol–water partition coefficient (Wildman–Crippen LogP) is 1.78. The summed E-state index contributed by atoms with van der Waals surface area (Å²) in [6.07, 6.45) is 2.05. The Labute approximate surface area is 133 Å². The maximum Gasteiger partial charge on any atom is 0.671 e. The highest BCUT2D eigenvalue weighted by Crippen LogP contribution is 1.92. The molecule has 0 aliphatic rings. The minimum atomic E-state index is -4.16. The molecule has 0 saturated carbocycles. The van der Waals surface area contributed by atoms with Gasteiger partial charge in [0.1, 0.15) is 0 Å². The third-order valence-corrected chi connectivity index (χ3v) is 2.76. The first-order chi connectivity index (χ1) is 10.2. The minimum Gasteiger partial charge on any atom is -0.466 e. The van der Waals surface area contributed by atoms with Crippen molar-refractivity contribution in [1.82, 2.24) is 0 Å². The van der Waals surface area contributed by atoms with E-state index in [9.17, 15) is 4.79 Å². The fourth-order valence-electron chi connectivity index (χ4n) is 1.09. The SMILES string of the molecule is CCCCOC(C)=O.CCO[Si](O)(O)O.Cc1ccccc1. The van der Waals surface area contributed by atoms with Crippen LogP contribution in [0.1, 0.15) is 39.2 Å². The molecule has 0 fully saturated rings. The van der Waals surface area contributed by atoms with Crippen LogP contribution in [0.15, 0.2) is 30.3 Å². The number of unbranched alkanes of at least 4 members (excludes halogenated alkanes) is 1. The standard InChI is InChI=1S/C7H8.C6H12O2.C2H8O4Si/c1-7-5-3-2-4-6-7;1-3-4-5-8-6(2)7;1-2-6-7(3,4)5/h2-6H,1H3;3-5H2,1-2H3;3-5H,2H2,1H3. The van der Waals surface area contributed by atoms with Gasteiger partial charge in [-0.1, -0.05) is 49.2 Å². The van der Waals surface area contributed by atoms with Crippen LogP contribution in [0.4, 0.5) is 0 Å². The zero-order valence-electron chi connectivity index (χ0n) is 13.8. The Morgan fingerprint density at radius 1 is 1.14 bits per heavy atom. The zero-order chi connectivity index (χ0) is 17.4. The summed E-state index contributed by atoms with van der Waals surface area (Å²) in [5, 5.41) is 0. The summed E-state index contributed by atoms with van der Waals surface area (Å²) in [4.78, 5) is 34.2. The van der Waals surface area contributed by atoms with Crippen molar-refractivity contribution in [3.05, 3.63) is 35.9 Å². The molecular formula is C15H28O6Si.